The Morgan fingerprint density at radius 2 is 1.95 bits per heavy atom. The highest BCUT2D eigenvalue weighted by Gasteiger charge is 2.17. The number of aromatic nitrogens is 1. The zero-order valence-electron chi connectivity index (χ0n) is 10.7. The lowest BCUT2D eigenvalue weighted by Crippen LogP contribution is -2.03. The van der Waals surface area contributed by atoms with Crippen LogP contribution < -0.4 is 0 Å². The summed E-state index contributed by atoms with van der Waals surface area (Å²) in [4.78, 5) is 15.9. The molecule has 0 bridgehead atoms. The van der Waals surface area contributed by atoms with Crippen LogP contribution in [0.1, 0.15) is 21.5 Å². The summed E-state index contributed by atoms with van der Waals surface area (Å²) in [5.74, 6) is -0.00740. The highest BCUT2D eigenvalue weighted by Crippen LogP contribution is 2.25. The van der Waals surface area contributed by atoms with Crippen molar-refractivity contribution in [2.24, 2.45) is 0 Å². The summed E-state index contributed by atoms with van der Waals surface area (Å²) in [5.41, 5.74) is 3.46. The Bertz CT molecular complexity index is 822. The molecule has 4 heteroatoms. The number of ketones is 1. The van der Waals surface area contributed by atoms with Gasteiger partial charge < -0.3 is 4.98 Å². The van der Waals surface area contributed by atoms with Crippen molar-refractivity contribution in [1.29, 1.82) is 0 Å². The number of fused-ring (bicyclic) bond motifs is 1. The van der Waals surface area contributed by atoms with Crippen LogP contribution in [-0.2, 0) is 0 Å². The Morgan fingerprint density at radius 1 is 1.15 bits per heavy atom. The van der Waals surface area contributed by atoms with Gasteiger partial charge in [-0.2, -0.15) is 0 Å². The van der Waals surface area contributed by atoms with E-state index in [9.17, 15) is 4.79 Å². The molecule has 0 atom stereocenters. The van der Waals surface area contributed by atoms with Crippen molar-refractivity contribution in [2.45, 2.75) is 6.92 Å². The van der Waals surface area contributed by atoms with Crippen LogP contribution in [0.2, 0.25) is 5.02 Å². The fraction of sp³-hybridized carbons (Fsp3) is 0.0625. The van der Waals surface area contributed by atoms with E-state index in [1.807, 2.05) is 31.2 Å². The van der Waals surface area contributed by atoms with Gasteiger partial charge in [0.05, 0.1) is 0 Å². The van der Waals surface area contributed by atoms with Gasteiger partial charge in [-0.3, -0.25) is 4.79 Å². The van der Waals surface area contributed by atoms with E-state index in [1.165, 1.54) is 0 Å². The molecule has 0 aliphatic heterocycles. The first-order valence-corrected chi connectivity index (χ1v) is 7.59. The number of aromatic amines is 1. The summed E-state index contributed by atoms with van der Waals surface area (Å²) in [6.45, 7) is 2.03. The van der Waals surface area contributed by atoms with E-state index in [-0.39, 0.29) is 5.78 Å². The molecule has 3 rings (SSSR count). The minimum Gasteiger partial charge on any atom is -0.360 e. The summed E-state index contributed by atoms with van der Waals surface area (Å²) >= 11 is 8.15. The van der Waals surface area contributed by atoms with Gasteiger partial charge in [-0.15, -0.1) is 0 Å². The number of aryl methyl sites for hydroxylation is 1. The summed E-state index contributed by atoms with van der Waals surface area (Å²) in [5, 5.41) is 1.51. The van der Waals surface area contributed by atoms with Crippen molar-refractivity contribution in [3.8, 4) is 0 Å². The summed E-state index contributed by atoms with van der Waals surface area (Å²) < 4.78 is 0.901. The zero-order chi connectivity index (χ0) is 14.3. The van der Waals surface area contributed by atoms with Gasteiger partial charge in [0, 0.05) is 36.8 Å². The van der Waals surface area contributed by atoms with Crippen molar-refractivity contribution in [2.75, 3.05) is 0 Å². The first-order valence-electron chi connectivity index (χ1n) is 6.14. The van der Waals surface area contributed by atoms with Crippen LogP contribution in [0.5, 0.6) is 0 Å². The molecular formula is C16H11ClINO. The number of carbonyl (C=O) groups excluding carboxylic acids is 1. The number of hydrogen-bond acceptors (Lipinski definition) is 1. The molecule has 0 amide bonds. The fourth-order valence-corrected chi connectivity index (χ4v) is 3.00. The molecule has 20 heavy (non-hydrogen) atoms. The third kappa shape index (κ3) is 2.36. The van der Waals surface area contributed by atoms with E-state index in [1.54, 1.807) is 18.3 Å². The monoisotopic (exact) mass is 395 g/mol. The lowest BCUT2D eigenvalue weighted by molar-refractivity contribution is 0.103. The average molecular weight is 396 g/mol. The van der Waals surface area contributed by atoms with Crippen LogP contribution in [0.15, 0.2) is 42.6 Å². The number of halogens is 2. The van der Waals surface area contributed by atoms with Crippen LogP contribution in [-0.4, -0.2) is 10.8 Å². The van der Waals surface area contributed by atoms with Crippen LogP contribution >= 0.6 is 34.2 Å². The largest absolute Gasteiger partial charge is 0.360 e. The molecule has 100 valence electrons. The van der Waals surface area contributed by atoms with Gasteiger partial charge in [-0.1, -0.05) is 23.7 Å². The molecule has 0 saturated heterocycles. The van der Waals surface area contributed by atoms with E-state index < -0.39 is 0 Å². The van der Waals surface area contributed by atoms with Crippen molar-refractivity contribution < 1.29 is 4.79 Å². The van der Waals surface area contributed by atoms with Crippen molar-refractivity contribution >= 4 is 50.9 Å². The standard InChI is InChI=1S/C16H11ClINO/c1-9-2-4-11-13(8-19-15(11)6-9)16(20)12-7-10(17)3-5-14(12)18/h2-8,19H,1H3. The number of rotatable bonds is 2. The Labute approximate surface area is 135 Å². The minimum atomic E-state index is -0.00740. The highest BCUT2D eigenvalue weighted by molar-refractivity contribution is 14.1. The first-order chi connectivity index (χ1) is 9.56. The van der Waals surface area contributed by atoms with E-state index in [0.717, 1.165) is 20.0 Å². The van der Waals surface area contributed by atoms with Crippen LogP contribution in [0.4, 0.5) is 0 Å². The molecule has 2 aromatic carbocycles. The number of benzene rings is 2. The molecule has 0 spiro atoms. The number of nitrogens with one attached hydrogen (secondary N) is 1. The number of hydrogen-bond donors (Lipinski definition) is 1. The zero-order valence-corrected chi connectivity index (χ0v) is 13.6. The van der Waals surface area contributed by atoms with E-state index >= 15 is 0 Å². The van der Waals surface area contributed by atoms with Gasteiger partial charge in [0.2, 0.25) is 0 Å². The smallest absolute Gasteiger partial charge is 0.196 e. The van der Waals surface area contributed by atoms with Crippen molar-refractivity contribution in [3.05, 3.63) is 67.9 Å². The molecule has 0 unspecified atom stereocenters. The predicted octanol–water partition coefficient (Wildman–Crippen LogP) is 4.97. The fourth-order valence-electron chi connectivity index (χ4n) is 2.24. The lowest BCUT2D eigenvalue weighted by Gasteiger charge is -2.04. The second kappa shape index (κ2) is 5.22. The number of H-pyrrole nitrogens is 1. The van der Waals surface area contributed by atoms with Gasteiger partial charge in [0.1, 0.15) is 0 Å². The third-order valence-corrected chi connectivity index (χ3v) is 4.43. The second-order valence-electron chi connectivity index (χ2n) is 4.70. The van der Waals surface area contributed by atoms with E-state index in [0.29, 0.717) is 16.1 Å². The molecule has 0 saturated carbocycles. The quantitative estimate of drug-likeness (QED) is 0.482. The average Bonchev–Trinajstić information content (AvgIpc) is 2.83. The van der Waals surface area contributed by atoms with Gasteiger partial charge in [-0.05, 0) is 59.3 Å². The topological polar surface area (TPSA) is 32.9 Å². The Balaban J connectivity index is 2.15. The van der Waals surface area contributed by atoms with Crippen molar-refractivity contribution in [3.63, 3.8) is 0 Å². The summed E-state index contributed by atoms with van der Waals surface area (Å²) in [7, 11) is 0. The highest BCUT2D eigenvalue weighted by atomic mass is 127. The predicted molar refractivity (Wildman–Crippen MR) is 90.6 cm³/mol. The van der Waals surface area contributed by atoms with Gasteiger partial charge in [0.15, 0.2) is 5.78 Å². The normalized spacial score (nSPS) is 10.9. The van der Waals surface area contributed by atoms with Gasteiger partial charge in [0.25, 0.3) is 0 Å². The Morgan fingerprint density at radius 3 is 2.75 bits per heavy atom. The van der Waals surface area contributed by atoms with Crippen LogP contribution in [0, 0.1) is 10.5 Å². The molecule has 1 heterocycles. The maximum absolute atomic E-state index is 12.7. The van der Waals surface area contributed by atoms with Crippen molar-refractivity contribution in [1.82, 2.24) is 4.98 Å². The SMILES string of the molecule is Cc1ccc2c(C(=O)c3cc(Cl)ccc3I)c[nH]c2c1. The molecule has 0 fully saturated rings. The lowest BCUT2D eigenvalue weighted by atomic mass is 10.0. The molecule has 0 aliphatic carbocycles. The molecule has 2 nitrogen and oxygen atoms in total. The minimum absolute atomic E-state index is 0.00740. The maximum Gasteiger partial charge on any atom is 0.196 e. The van der Waals surface area contributed by atoms with E-state index in [4.69, 9.17) is 11.6 Å². The molecule has 3 aromatic rings. The van der Waals surface area contributed by atoms with Crippen LogP contribution in [0.25, 0.3) is 10.9 Å². The molecule has 1 N–H and O–H groups in total. The second-order valence-corrected chi connectivity index (χ2v) is 6.30. The molecule has 1 aromatic heterocycles. The number of carbonyl (C=O) groups is 1. The Kier molecular flexibility index (Phi) is 3.56. The van der Waals surface area contributed by atoms with Gasteiger partial charge >= 0.3 is 0 Å². The summed E-state index contributed by atoms with van der Waals surface area (Å²) in [6.07, 6.45) is 1.77. The van der Waals surface area contributed by atoms with Crippen LogP contribution in [0.3, 0.4) is 0 Å². The molecular weight excluding hydrogens is 385 g/mol. The third-order valence-electron chi connectivity index (χ3n) is 3.25. The first kappa shape index (κ1) is 13.6. The van der Waals surface area contributed by atoms with Gasteiger partial charge in [-0.25, -0.2) is 0 Å². The molecule has 0 aliphatic rings. The maximum atomic E-state index is 12.7. The van der Waals surface area contributed by atoms with E-state index in [2.05, 4.69) is 27.6 Å². The summed E-state index contributed by atoms with van der Waals surface area (Å²) in [6, 6.07) is 11.4. The Hall–Kier alpha value is -1.33. The molecule has 0 radical (unpaired) electrons.